The van der Waals surface area contributed by atoms with Crippen LogP contribution in [0.3, 0.4) is 0 Å². The lowest BCUT2D eigenvalue weighted by atomic mass is 9.55. The molecule has 2 aromatic carbocycles. The number of sulfonamides is 1. The van der Waals surface area contributed by atoms with Crippen molar-refractivity contribution in [1.82, 2.24) is 4.90 Å². The predicted molar refractivity (Wildman–Crippen MR) is 144 cm³/mol. The summed E-state index contributed by atoms with van der Waals surface area (Å²) < 4.78 is 29.5. The van der Waals surface area contributed by atoms with Crippen LogP contribution in [0.25, 0.3) is 0 Å². The number of esters is 1. The molecule has 1 aliphatic heterocycles. The lowest BCUT2D eigenvalue weighted by Gasteiger charge is -2.50. The normalized spacial score (nSPS) is 32.8. The van der Waals surface area contributed by atoms with Crippen molar-refractivity contribution >= 4 is 16.0 Å². The third-order valence-corrected chi connectivity index (χ3v) is 11.1. The van der Waals surface area contributed by atoms with Gasteiger partial charge in [0, 0.05) is 12.0 Å². The molecule has 1 heterocycles. The zero-order valence-electron chi connectivity index (χ0n) is 22.0. The van der Waals surface area contributed by atoms with E-state index < -0.39 is 10.0 Å². The van der Waals surface area contributed by atoms with Gasteiger partial charge in [-0.3, -0.25) is 9.69 Å². The van der Waals surface area contributed by atoms with Gasteiger partial charge in [-0.25, -0.2) is 13.6 Å². The second kappa shape index (κ2) is 9.65. The Labute approximate surface area is 225 Å². The number of fused-ring (bicyclic) bond motifs is 5. The molecule has 8 heteroatoms. The Morgan fingerprint density at radius 1 is 1.11 bits per heavy atom. The first-order chi connectivity index (χ1) is 18.1. The number of carbonyl (C=O) groups is 1. The summed E-state index contributed by atoms with van der Waals surface area (Å²) in [7, 11) is -3.72. The summed E-state index contributed by atoms with van der Waals surface area (Å²) in [6.07, 6.45) is 8.04. The highest BCUT2D eigenvalue weighted by Gasteiger charge is 2.56. The van der Waals surface area contributed by atoms with E-state index in [2.05, 4.69) is 17.9 Å². The number of hydrogen-bond donors (Lipinski definition) is 2. The average molecular weight is 539 g/mol. The monoisotopic (exact) mass is 538 g/mol. The van der Waals surface area contributed by atoms with E-state index in [0.717, 1.165) is 63.5 Å². The van der Waals surface area contributed by atoms with E-state index in [1.165, 1.54) is 23.3 Å². The summed E-state index contributed by atoms with van der Waals surface area (Å²) in [5.74, 6) is 1.95. The van der Waals surface area contributed by atoms with Gasteiger partial charge in [-0.15, -0.1) is 0 Å². The second-order valence-corrected chi connectivity index (χ2v) is 13.7. The van der Waals surface area contributed by atoms with Gasteiger partial charge in [0.15, 0.2) is 0 Å². The standard InChI is InChI=1S/C30H38N2O5S/c1-30-15-14-24-23-11-7-21(33)17-20(23)6-10-25(24)26(30)12-13-28(30)37-29(34)27-3-2-16-32(27)18-19-4-8-22(9-5-19)38(31,35)36/h4-5,7-9,11,17,24-28,33H,2-3,6,10,12-16,18H2,1H3,(H2,31,35,36)/t24-,25-,26+,27+,28+,30+/m1/s1. The van der Waals surface area contributed by atoms with Gasteiger partial charge in [-0.2, -0.15) is 0 Å². The van der Waals surface area contributed by atoms with Gasteiger partial charge in [0.2, 0.25) is 10.0 Å². The Hall–Kier alpha value is -2.42. The molecule has 1 saturated heterocycles. The molecule has 38 heavy (non-hydrogen) atoms. The number of aryl methyl sites for hydroxylation is 1. The molecule has 6 atom stereocenters. The molecule has 2 aromatic rings. The number of carbonyl (C=O) groups excluding carboxylic acids is 1. The fraction of sp³-hybridized carbons (Fsp3) is 0.567. The van der Waals surface area contributed by atoms with Gasteiger partial charge >= 0.3 is 5.97 Å². The molecule has 2 saturated carbocycles. The molecule has 0 aromatic heterocycles. The summed E-state index contributed by atoms with van der Waals surface area (Å²) in [5, 5.41) is 15.2. The molecule has 0 unspecified atom stereocenters. The Bertz CT molecular complexity index is 1330. The van der Waals surface area contributed by atoms with Crippen LogP contribution < -0.4 is 5.14 Å². The maximum atomic E-state index is 13.5. The number of nitrogens with two attached hydrogens (primary N) is 1. The molecule has 0 spiro atoms. The highest BCUT2D eigenvalue weighted by Crippen LogP contribution is 2.61. The molecular weight excluding hydrogens is 500 g/mol. The number of ether oxygens (including phenoxy) is 1. The van der Waals surface area contributed by atoms with Crippen LogP contribution in [0.2, 0.25) is 0 Å². The number of phenols is 1. The van der Waals surface area contributed by atoms with Crippen LogP contribution in [0.5, 0.6) is 5.75 Å². The average Bonchev–Trinajstić information content (AvgIpc) is 3.47. The minimum Gasteiger partial charge on any atom is -0.508 e. The van der Waals surface area contributed by atoms with Crippen molar-refractivity contribution in [3.63, 3.8) is 0 Å². The number of benzene rings is 2. The van der Waals surface area contributed by atoms with Crippen molar-refractivity contribution in [1.29, 1.82) is 0 Å². The molecule has 0 radical (unpaired) electrons. The van der Waals surface area contributed by atoms with E-state index in [-0.39, 0.29) is 28.4 Å². The van der Waals surface area contributed by atoms with Crippen molar-refractivity contribution < 1.29 is 23.1 Å². The second-order valence-electron chi connectivity index (χ2n) is 12.2. The van der Waals surface area contributed by atoms with E-state index >= 15 is 0 Å². The fourth-order valence-electron chi connectivity index (χ4n) is 8.23. The van der Waals surface area contributed by atoms with Crippen LogP contribution in [-0.4, -0.2) is 43.1 Å². The fourth-order valence-corrected chi connectivity index (χ4v) is 8.75. The molecule has 6 rings (SSSR count). The SMILES string of the molecule is C[C@]12CC[C@@H]3c4ccc(O)cc4CC[C@H]3[C@@H]1CC[C@@H]2OC(=O)[C@@H]1CCCN1Cc1ccc(S(N)(=O)=O)cc1. The topological polar surface area (TPSA) is 110 Å². The van der Waals surface area contributed by atoms with E-state index in [1.54, 1.807) is 12.1 Å². The van der Waals surface area contributed by atoms with Crippen LogP contribution in [0.15, 0.2) is 47.4 Å². The molecule has 7 nitrogen and oxygen atoms in total. The number of phenolic OH excluding ortho intramolecular Hbond substituents is 1. The number of rotatable bonds is 5. The number of hydrogen-bond acceptors (Lipinski definition) is 6. The van der Waals surface area contributed by atoms with E-state index in [9.17, 15) is 18.3 Å². The van der Waals surface area contributed by atoms with E-state index in [1.807, 2.05) is 12.1 Å². The molecule has 204 valence electrons. The van der Waals surface area contributed by atoms with Crippen LogP contribution in [0.4, 0.5) is 0 Å². The summed E-state index contributed by atoms with van der Waals surface area (Å²) in [6.45, 7) is 3.75. The Morgan fingerprint density at radius 3 is 2.66 bits per heavy atom. The number of nitrogens with zero attached hydrogens (tertiary/aromatic N) is 1. The zero-order valence-corrected chi connectivity index (χ0v) is 22.8. The molecule has 0 bridgehead atoms. The summed E-state index contributed by atoms with van der Waals surface area (Å²) in [6, 6.07) is 12.2. The van der Waals surface area contributed by atoms with Crippen molar-refractivity contribution in [3.8, 4) is 5.75 Å². The largest absolute Gasteiger partial charge is 0.508 e. The predicted octanol–water partition coefficient (Wildman–Crippen LogP) is 4.47. The number of aromatic hydroxyl groups is 1. The zero-order chi connectivity index (χ0) is 26.7. The minimum atomic E-state index is -3.72. The molecule has 3 N–H and O–H groups in total. The number of likely N-dealkylation sites (tertiary alicyclic amines) is 1. The molecule has 3 aliphatic carbocycles. The Balaban J connectivity index is 1.12. The van der Waals surface area contributed by atoms with Crippen molar-refractivity contribution in [3.05, 3.63) is 59.2 Å². The third-order valence-electron chi connectivity index (χ3n) is 10.2. The van der Waals surface area contributed by atoms with E-state index in [4.69, 9.17) is 9.88 Å². The van der Waals surface area contributed by atoms with Gasteiger partial charge in [-0.1, -0.05) is 25.1 Å². The smallest absolute Gasteiger partial charge is 0.323 e. The van der Waals surface area contributed by atoms with Crippen molar-refractivity contribution in [2.24, 2.45) is 22.4 Å². The van der Waals surface area contributed by atoms with Gasteiger partial charge in [0.05, 0.1) is 4.90 Å². The maximum Gasteiger partial charge on any atom is 0.323 e. The molecular formula is C30H38N2O5S. The lowest BCUT2D eigenvalue weighted by Crippen LogP contribution is -2.47. The Kier molecular flexibility index (Phi) is 6.56. The van der Waals surface area contributed by atoms with Crippen LogP contribution >= 0.6 is 0 Å². The number of primary sulfonamides is 1. The summed E-state index contributed by atoms with van der Waals surface area (Å²) in [4.78, 5) is 15.8. The van der Waals surface area contributed by atoms with Gasteiger partial charge < -0.3 is 9.84 Å². The molecule has 0 amide bonds. The first-order valence-electron chi connectivity index (χ1n) is 14.0. The maximum absolute atomic E-state index is 13.5. The Morgan fingerprint density at radius 2 is 1.89 bits per heavy atom. The quantitative estimate of drug-likeness (QED) is 0.544. The summed E-state index contributed by atoms with van der Waals surface area (Å²) >= 11 is 0. The van der Waals surface area contributed by atoms with Crippen LogP contribution in [0.1, 0.15) is 74.5 Å². The third kappa shape index (κ3) is 4.54. The van der Waals surface area contributed by atoms with E-state index in [0.29, 0.717) is 30.0 Å². The van der Waals surface area contributed by atoms with Gasteiger partial charge in [0.25, 0.3) is 0 Å². The van der Waals surface area contributed by atoms with Crippen molar-refractivity contribution in [2.75, 3.05) is 6.54 Å². The van der Waals surface area contributed by atoms with Crippen LogP contribution in [0, 0.1) is 17.3 Å². The van der Waals surface area contributed by atoms with Gasteiger partial charge in [0.1, 0.15) is 17.9 Å². The summed E-state index contributed by atoms with van der Waals surface area (Å²) in [5.41, 5.74) is 3.68. The first-order valence-corrected chi connectivity index (χ1v) is 15.6. The van der Waals surface area contributed by atoms with Crippen molar-refractivity contribution in [2.45, 2.75) is 87.8 Å². The highest BCUT2D eigenvalue weighted by atomic mass is 32.2. The molecule has 4 aliphatic rings. The molecule has 3 fully saturated rings. The van der Waals surface area contributed by atoms with Gasteiger partial charge in [-0.05, 0) is 117 Å². The minimum absolute atomic E-state index is 0.0121. The first kappa shape index (κ1) is 25.8. The lowest BCUT2D eigenvalue weighted by molar-refractivity contribution is -0.163. The van der Waals surface area contributed by atoms with Crippen LogP contribution in [-0.2, 0) is 32.5 Å². The highest BCUT2D eigenvalue weighted by molar-refractivity contribution is 7.89.